The molecule has 1 heterocycles. The van der Waals surface area contributed by atoms with Gasteiger partial charge < -0.3 is 19.3 Å². The van der Waals surface area contributed by atoms with Gasteiger partial charge in [-0.2, -0.15) is 0 Å². The molecule has 1 aliphatic rings. The van der Waals surface area contributed by atoms with Crippen LogP contribution in [0.4, 0.5) is 0 Å². The van der Waals surface area contributed by atoms with Gasteiger partial charge in [-0.25, -0.2) is 10.4 Å². The highest BCUT2D eigenvalue weighted by atomic mass is 16.5. The van der Waals surface area contributed by atoms with Gasteiger partial charge in [0.05, 0.1) is 13.7 Å². The summed E-state index contributed by atoms with van der Waals surface area (Å²) in [6.07, 6.45) is 0.954. The van der Waals surface area contributed by atoms with E-state index in [1.54, 1.807) is 7.11 Å². The van der Waals surface area contributed by atoms with E-state index in [1.807, 2.05) is 109 Å². The van der Waals surface area contributed by atoms with E-state index in [-0.39, 0.29) is 12.5 Å². The number of benzene rings is 4. The Balaban J connectivity index is 1.42. The molecule has 1 aliphatic heterocycles. The quantitative estimate of drug-likeness (QED) is 0.146. The largest absolute Gasteiger partial charge is 0.497 e. The molecular formula is C35H37N3O5. The summed E-state index contributed by atoms with van der Waals surface area (Å²) in [7, 11) is 1.64. The highest BCUT2D eigenvalue weighted by Gasteiger charge is 2.53. The second kappa shape index (κ2) is 14.5. The summed E-state index contributed by atoms with van der Waals surface area (Å²) in [5.74, 6) is 1.60. The van der Waals surface area contributed by atoms with E-state index in [1.165, 1.54) is 0 Å². The van der Waals surface area contributed by atoms with Crippen LogP contribution in [0.1, 0.15) is 34.8 Å². The van der Waals surface area contributed by atoms with Crippen molar-refractivity contribution >= 4 is 11.8 Å². The first-order chi connectivity index (χ1) is 21.1. The van der Waals surface area contributed by atoms with Crippen LogP contribution in [-0.4, -0.2) is 49.3 Å². The third-order valence-corrected chi connectivity index (χ3v) is 7.35. The molecule has 5 rings (SSSR count). The average molecular weight is 580 g/mol. The summed E-state index contributed by atoms with van der Waals surface area (Å²) < 4.78 is 17.5. The number of nitrogens with one attached hydrogen (secondary N) is 2. The second-order valence-corrected chi connectivity index (χ2v) is 10.3. The van der Waals surface area contributed by atoms with Crippen LogP contribution in [0.15, 0.2) is 114 Å². The van der Waals surface area contributed by atoms with Gasteiger partial charge in [0.2, 0.25) is 5.90 Å². The van der Waals surface area contributed by atoms with Gasteiger partial charge in [-0.1, -0.05) is 72.8 Å². The summed E-state index contributed by atoms with van der Waals surface area (Å²) in [6, 6.07) is 34.9. The third-order valence-electron chi connectivity index (χ3n) is 7.35. The van der Waals surface area contributed by atoms with Gasteiger partial charge in [0, 0.05) is 31.6 Å². The molecule has 0 bridgehead atoms. The standard InChI is InChI=1S/C35H37N3O5/c1-41-30-17-13-26(14-18-30)21-22-36-38-34(40)35(25-27-9-4-2-5-10-27)32(28-11-6-3-7-12-28)43-33(37-35)29-15-19-31(20-16-29)42-24-8-23-39/h2-7,9-20,32,36,39H,8,21-25H2,1H3,(H,38,40)/t32-,35-/m0/s1. The fourth-order valence-corrected chi connectivity index (χ4v) is 5.07. The highest BCUT2D eigenvalue weighted by Crippen LogP contribution is 2.42. The Bertz CT molecular complexity index is 1480. The zero-order valence-corrected chi connectivity index (χ0v) is 24.2. The number of carbonyl (C=O) groups is 1. The number of nitrogens with zero attached hydrogens (tertiary/aromatic N) is 1. The van der Waals surface area contributed by atoms with Gasteiger partial charge in [0.1, 0.15) is 11.5 Å². The number of hydrogen-bond donors (Lipinski definition) is 3. The van der Waals surface area contributed by atoms with Crippen molar-refractivity contribution in [1.29, 1.82) is 0 Å². The van der Waals surface area contributed by atoms with E-state index in [2.05, 4.69) is 10.9 Å². The minimum atomic E-state index is -1.28. The molecule has 1 amide bonds. The molecule has 2 atom stereocenters. The molecule has 0 unspecified atom stereocenters. The first-order valence-electron chi connectivity index (χ1n) is 14.5. The molecule has 222 valence electrons. The van der Waals surface area contributed by atoms with Crippen molar-refractivity contribution in [3.63, 3.8) is 0 Å². The van der Waals surface area contributed by atoms with E-state index < -0.39 is 11.6 Å². The van der Waals surface area contributed by atoms with E-state index in [9.17, 15) is 4.79 Å². The lowest BCUT2D eigenvalue weighted by molar-refractivity contribution is -0.130. The molecule has 0 aliphatic carbocycles. The second-order valence-electron chi connectivity index (χ2n) is 10.3. The van der Waals surface area contributed by atoms with Crippen LogP contribution < -0.4 is 20.3 Å². The summed E-state index contributed by atoms with van der Waals surface area (Å²) in [5, 5.41) is 9.03. The van der Waals surface area contributed by atoms with Gasteiger partial charge in [-0.3, -0.25) is 10.2 Å². The first kappa shape index (κ1) is 29.8. The molecule has 0 aromatic heterocycles. The Kier molecular flexibility index (Phi) is 10.0. The van der Waals surface area contributed by atoms with E-state index in [0.717, 1.165) is 34.4 Å². The molecule has 0 saturated heterocycles. The van der Waals surface area contributed by atoms with Crippen molar-refractivity contribution in [3.05, 3.63) is 131 Å². The molecule has 0 fully saturated rings. The van der Waals surface area contributed by atoms with Crippen LogP contribution in [0.2, 0.25) is 0 Å². The van der Waals surface area contributed by atoms with Crippen LogP contribution >= 0.6 is 0 Å². The highest BCUT2D eigenvalue weighted by molar-refractivity contribution is 6.01. The number of hydrazine groups is 1. The molecule has 8 nitrogen and oxygen atoms in total. The molecule has 8 heteroatoms. The van der Waals surface area contributed by atoms with E-state index in [0.29, 0.717) is 37.6 Å². The zero-order valence-electron chi connectivity index (χ0n) is 24.2. The third kappa shape index (κ3) is 7.41. The van der Waals surface area contributed by atoms with Crippen LogP contribution in [0, 0.1) is 0 Å². The lowest BCUT2D eigenvalue weighted by atomic mass is 9.82. The predicted octanol–water partition coefficient (Wildman–Crippen LogP) is 4.82. The van der Waals surface area contributed by atoms with Gasteiger partial charge >= 0.3 is 0 Å². The number of aliphatic hydroxyl groups is 1. The topological polar surface area (TPSA) is 101 Å². The number of amides is 1. The Labute approximate surface area is 252 Å². The molecule has 3 N–H and O–H groups in total. The summed E-state index contributed by atoms with van der Waals surface area (Å²) >= 11 is 0. The SMILES string of the molecule is COc1ccc(CCNNC(=O)[C@@]2(Cc3ccccc3)N=C(c3ccc(OCCCO)cc3)O[C@H]2c2ccccc2)cc1. The fraction of sp³-hybridized carbons (Fsp3) is 0.257. The maximum Gasteiger partial charge on any atom is 0.266 e. The van der Waals surface area contributed by atoms with Crippen LogP contribution in [-0.2, 0) is 22.4 Å². The molecular weight excluding hydrogens is 542 g/mol. The molecule has 0 radical (unpaired) electrons. The minimum Gasteiger partial charge on any atom is -0.497 e. The predicted molar refractivity (Wildman–Crippen MR) is 166 cm³/mol. The summed E-state index contributed by atoms with van der Waals surface area (Å²) in [6.45, 7) is 1.03. The Hall–Kier alpha value is -4.66. The number of ether oxygens (including phenoxy) is 3. The van der Waals surface area contributed by atoms with E-state index >= 15 is 0 Å². The van der Waals surface area contributed by atoms with Gasteiger partial charge in [-0.15, -0.1) is 0 Å². The molecule has 4 aromatic rings. The number of aliphatic imine (C=N–C) groups is 1. The lowest BCUT2D eigenvalue weighted by Gasteiger charge is -2.30. The van der Waals surface area contributed by atoms with Crippen molar-refractivity contribution in [2.24, 2.45) is 4.99 Å². The van der Waals surface area contributed by atoms with Gasteiger partial charge in [0.15, 0.2) is 11.6 Å². The van der Waals surface area contributed by atoms with Crippen molar-refractivity contribution < 1.29 is 24.1 Å². The van der Waals surface area contributed by atoms with E-state index in [4.69, 9.17) is 24.3 Å². The van der Waals surface area contributed by atoms with Crippen molar-refractivity contribution in [2.45, 2.75) is 30.9 Å². The molecule has 4 aromatic carbocycles. The normalized spacial score (nSPS) is 17.5. The Morgan fingerprint density at radius 1 is 0.884 bits per heavy atom. The van der Waals surface area contributed by atoms with Crippen molar-refractivity contribution in [1.82, 2.24) is 10.9 Å². The van der Waals surface area contributed by atoms with Crippen LogP contribution in [0.3, 0.4) is 0 Å². The van der Waals surface area contributed by atoms with Crippen LogP contribution in [0.25, 0.3) is 0 Å². The van der Waals surface area contributed by atoms with Crippen LogP contribution in [0.5, 0.6) is 11.5 Å². The number of aliphatic hydroxyl groups excluding tert-OH is 1. The van der Waals surface area contributed by atoms with Gasteiger partial charge in [-0.05, 0) is 59.5 Å². The number of rotatable bonds is 14. The number of carbonyl (C=O) groups excluding carboxylic acids is 1. The number of methoxy groups -OCH3 is 1. The first-order valence-corrected chi connectivity index (χ1v) is 14.5. The smallest absolute Gasteiger partial charge is 0.266 e. The maximum atomic E-state index is 14.2. The molecule has 43 heavy (non-hydrogen) atoms. The fourth-order valence-electron chi connectivity index (χ4n) is 5.07. The average Bonchev–Trinajstić information content (AvgIpc) is 3.45. The summed E-state index contributed by atoms with van der Waals surface area (Å²) in [5.41, 5.74) is 8.48. The Morgan fingerprint density at radius 3 is 2.23 bits per heavy atom. The summed E-state index contributed by atoms with van der Waals surface area (Å²) in [4.78, 5) is 19.3. The van der Waals surface area contributed by atoms with Crippen molar-refractivity contribution in [3.8, 4) is 11.5 Å². The monoisotopic (exact) mass is 579 g/mol. The molecule has 0 spiro atoms. The Morgan fingerprint density at radius 2 is 1.56 bits per heavy atom. The zero-order chi connectivity index (χ0) is 29.9. The van der Waals surface area contributed by atoms with Crippen molar-refractivity contribution in [2.75, 3.05) is 26.9 Å². The molecule has 0 saturated carbocycles. The number of hydrogen-bond acceptors (Lipinski definition) is 7. The maximum absolute atomic E-state index is 14.2. The lowest BCUT2D eigenvalue weighted by Crippen LogP contribution is -2.54. The van der Waals surface area contributed by atoms with Gasteiger partial charge in [0.25, 0.3) is 5.91 Å². The minimum absolute atomic E-state index is 0.0749.